The first kappa shape index (κ1) is 19.8. The molecular formula is C17H34O5. The van der Waals surface area contributed by atoms with Gasteiger partial charge in [-0.05, 0) is 13.3 Å². The maximum absolute atomic E-state index is 9.81. The lowest BCUT2D eigenvalue weighted by atomic mass is 10.00. The minimum atomic E-state index is -1.21. The van der Waals surface area contributed by atoms with Crippen molar-refractivity contribution in [3.63, 3.8) is 0 Å². The molecular weight excluding hydrogens is 284 g/mol. The van der Waals surface area contributed by atoms with Gasteiger partial charge in [-0.15, -0.1) is 0 Å². The lowest BCUT2D eigenvalue weighted by Crippen LogP contribution is -2.57. The van der Waals surface area contributed by atoms with E-state index in [0.717, 1.165) is 12.8 Å². The summed E-state index contributed by atoms with van der Waals surface area (Å²) in [6.07, 6.45) is 6.30. The van der Waals surface area contributed by atoms with Gasteiger partial charge in [-0.2, -0.15) is 0 Å². The van der Waals surface area contributed by atoms with E-state index in [2.05, 4.69) is 6.92 Å². The van der Waals surface area contributed by atoms with Gasteiger partial charge in [-0.1, -0.05) is 58.3 Å². The van der Waals surface area contributed by atoms with Gasteiger partial charge in [0.25, 0.3) is 0 Å². The Morgan fingerprint density at radius 1 is 0.773 bits per heavy atom. The Hall–Kier alpha value is -0.200. The molecule has 1 rings (SSSR count). The number of rotatable bonds is 11. The first-order valence-corrected chi connectivity index (χ1v) is 8.89. The van der Waals surface area contributed by atoms with Crippen LogP contribution in [0.5, 0.6) is 0 Å². The first-order valence-electron chi connectivity index (χ1n) is 8.89. The summed E-state index contributed by atoms with van der Waals surface area (Å²) in [5.41, 5.74) is 0. The molecule has 5 atom stereocenters. The molecule has 0 amide bonds. The maximum Gasteiger partial charge on any atom is 0.186 e. The van der Waals surface area contributed by atoms with Crippen LogP contribution >= 0.6 is 0 Å². The molecule has 0 spiro atoms. The molecule has 5 nitrogen and oxygen atoms in total. The van der Waals surface area contributed by atoms with Crippen LogP contribution in [0.15, 0.2) is 0 Å². The SMILES string of the molecule is CCCCCCCCCCCOC1OC(C)C(O)C(O)C1O. The van der Waals surface area contributed by atoms with Crippen LogP contribution in [0.4, 0.5) is 0 Å². The lowest BCUT2D eigenvalue weighted by Gasteiger charge is -2.38. The number of unbranched alkanes of at least 4 members (excludes halogenated alkanes) is 8. The second-order valence-corrected chi connectivity index (χ2v) is 6.38. The lowest BCUT2D eigenvalue weighted by molar-refractivity contribution is -0.293. The zero-order valence-corrected chi connectivity index (χ0v) is 14.1. The van der Waals surface area contributed by atoms with Gasteiger partial charge in [0.05, 0.1) is 6.10 Å². The summed E-state index contributed by atoms with van der Waals surface area (Å²) in [7, 11) is 0. The molecule has 22 heavy (non-hydrogen) atoms. The van der Waals surface area contributed by atoms with E-state index in [1.165, 1.54) is 44.9 Å². The van der Waals surface area contributed by atoms with Crippen molar-refractivity contribution in [2.45, 2.75) is 102 Å². The fourth-order valence-electron chi connectivity index (χ4n) is 2.76. The molecule has 0 radical (unpaired) electrons. The molecule has 0 aliphatic carbocycles. The van der Waals surface area contributed by atoms with Crippen molar-refractivity contribution in [3.05, 3.63) is 0 Å². The molecule has 1 fully saturated rings. The van der Waals surface area contributed by atoms with Crippen LogP contribution in [0.25, 0.3) is 0 Å². The monoisotopic (exact) mass is 318 g/mol. The van der Waals surface area contributed by atoms with E-state index in [4.69, 9.17) is 9.47 Å². The third-order valence-electron chi connectivity index (χ3n) is 4.34. The second kappa shape index (κ2) is 11.4. The molecule has 1 aliphatic heterocycles. The molecule has 1 heterocycles. The summed E-state index contributed by atoms with van der Waals surface area (Å²) in [4.78, 5) is 0. The van der Waals surface area contributed by atoms with E-state index in [-0.39, 0.29) is 0 Å². The van der Waals surface area contributed by atoms with Crippen molar-refractivity contribution >= 4 is 0 Å². The minimum absolute atomic E-state index is 0.507. The molecule has 0 bridgehead atoms. The average molecular weight is 318 g/mol. The highest BCUT2D eigenvalue weighted by Crippen LogP contribution is 2.22. The van der Waals surface area contributed by atoms with Gasteiger partial charge < -0.3 is 24.8 Å². The highest BCUT2D eigenvalue weighted by Gasteiger charge is 2.42. The quantitative estimate of drug-likeness (QED) is 0.510. The van der Waals surface area contributed by atoms with E-state index in [1.54, 1.807) is 6.92 Å². The summed E-state index contributed by atoms with van der Waals surface area (Å²) >= 11 is 0. The fraction of sp³-hybridized carbons (Fsp3) is 1.00. The van der Waals surface area contributed by atoms with Crippen LogP contribution < -0.4 is 0 Å². The van der Waals surface area contributed by atoms with Crippen LogP contribution in [-0.2, 0) is 9.47 Å². The van der Waals surface area contributed by atoms with E-state index < -0.39 is 30.7 Å². The topological polar surface area (TPSA) is 79.2 Å². The predicted molar refractivity (Wildman–Crippen MR) is 85.5 cm³/mol. The second-order valence-electron chi connectivity index (χ2n) is 6.38. The highest BCUT2D eigenvalue weighted by molar-refractivity contribution is 4.87. The van der Waals surface area contributed by atoms with Crippen LogP contribution in [0.1, 0.15) is 71.6 Å². The number of aliphatic hydroxyl groups excluding tert-OH is 3. The third kappa shape index (κ3) is 6.92. The largest absolute Gasteiger partial charge is 0.388 e. The zero-order chi connectivity index (χ0) is 16.4. The Balaban J connectivity index is 2.00. The molecule has 0 saturated carbocycles. The summed E-state index contributed by atoms with van der Waals surface area (Å²) in [6.45, 7) is 4.40. The van der Waals surface area contributed by atoms with Gasteiger partial charge in [0, 0.05) is 6.61 Å². The van der Waals surface area contributed by atoms with Gasteiger partial charge in [0.1, 0.15) is 18.3 Å². The molecule has 5 unspecified atom stereocenters. The standard InChI is InChI=1S/C17H34O5/c1-3-4-5-6-7-8-9-10-11-12-21-17-16(20)15(19)14(18)13(2)22-17/h13-20H,3-12H2,1-2H3. The summed E-state index contributed by atoms with van der Waals surface area (Å²) < 4.78 is 10.9. The normalized spacial score (nSPS) is 32.3. The van der Waals surface area contributed by atoms with Crippen molar-refractivity contribution in [2.24, 2.45) is 0 Å². The van der Waals surface area contributed by atoms with Crippen LogP contribution in [0.3, 0.4) is 0 Å². The molecule has 1 saturated heterocycles. The van der Waals surface area contributed by atoms with Crippen LogP contribution in [0.2, 0.25) is 0 Å². The molecule has 132 valence electrons. The van der Waals surface area contributed by atoms with E-state index in [9.17, 15) is 15.3 Å². The molecule has 5 heteroatoms. The number of hydrogen-bond donors (Lipinski definition) is 3. The van der Waals surface area contributed by atoms with E-state index in [0.29, 0.717) is 6.61 Å². The van der Waals surface area contributed by atoms with Gasteiger partial charge in [0.2, 0.25) is 0 Å². The van der Waals surface area contributed by atoms with Gasteiger partial charge in [0.15, 0.2) is 6.29 Å². The predicted octanol–water partition coefficient (Wildman–Crippen LogP) is 2.36. The van der Waals surface area contributed by atoms with Gasteiger partial charge in [-0.25, -0.2) is 0 Å². The van der Waals surface area contributed by atoms with Gasteiger partial charge in [-0.3, -0.25) is 0 Å². The van der Waals surface area contributed by atoms with Crippen molar-refractivity contribution in [1.82, 2.24) is 0 Å². The number of hydrogen-bond acceptors (Lipinski definition) is 5. The number of aliphatic hydroxyl groups is 3. The Labute approximate surface area is 134 Å². The maximum atomic E-state index is 9.81. The Morgan fingerprint density at radius 3 is 1.91 bits per heavy atom. The first-order chi connectivity index (χ1) is 10.6. The van der Waals surface area contributed by atoms with Crippen molar-refractivity contribution in [1.29, 1.82) is 0 Å². The summed E-state index contributed by atoms with van der Waals surface area (Å²) in [5, 5.41) is 29.1. The molecule has 0 aromatic rings. The third-order valence-corrected chi connectivity index (χ3v) is 4.34. The highest BCUT2D eigenvalue weighted by atomic mass is 16.7. The Morgan fingerprint density at radius 2 is 1.32 bits per heavy atom. The van der Waals surface area contributed by atoms with Crippen molar-refractivity contribution < 1.29 is 24.8 Å². The Kier molecular flexibility index (Phi) is 10.2. The molecule has 0 aromatic carbocycles. The molecule has 1 aliphatic rings. The Bertz CT molecular complexity index is 274. The van der Waals surface area contributed by atoms with Crippen molar-refractivity contribution in [3.8, 4) is 0 Å². The van der Waals surface area contributed by atoms with Gasteiger partial charge >= 0.3 is 0 Å². The van der Waals surface area contributed by atoms with Crippen LogP contribution in [-0.4, -0.2) is 52.6 Å². The smallest absolute Gasteiger partial charge is 0.186 e. The summed E-state index contributed by atoms with van der Waals surface area (Å²) in [5.74, 6) is 0. The average Bonchev–Trinajstić information content (AvgIpc) is 2.51. The van der Waals surface area contributed by atoms with E-state index >= 15 is 0 Å². The zero-order valence-electron chi connectivity index (χ0n) is 14.1. The summed E-state index contributed by atoms with van der Waals surface area (Å²) in [6, 6.07) is 0. The van der Waals surface area contributed by atoms with E-state index in [1.807, 2.05) is 0 Å². The fourth-order valence-corrected chi connectivity index (χ4v) is 2.76. The van der Waals surface area contributed by atoms with Crippen LogP contribution in [0, 0.1) is 0 Å². The minimum Gasteiger partial charge on any atom is -0.388 e. The number of ether oxygens (including phenoxy) is 2. The molecule has 0 aromatic heterocycles. The van der Waals surface area contributed by atoms with Crippen molar-refractivity contribution in [2.75, 3.05) is 6.61 Å². The molecule has 3 N–H and O–H groups in total.